The first-order valence-corrected chi connectivity index (χ1v) is 7.19. The maximum absolute atomic E-state index is 12.8. The lowest BCUT2D eigenvalue weighted by Crippen LogP contribution is -2.15. The third-order valence-corrected chi connectivity index (χ3v) is 3.59. The molecule has 0 unspecified atom stereocenters. The molecule has 130 valence electrons. The molecule has 25 heavy (non-hydrogen) atoms. The largest absolute Gasteiger partial charge is 0.454 e. The van der Waals surface area contributed by atoms with Crippen LogP contribution >= 0.6 is 0 Å². The summed E-state index contributed by atoms with van der Waals surface area (Å²) in [7, 11) is 0. The van der Waals surface area contributed by atoms with E-state index in [1.165, 1.54) is 25.1 Å². The summed E-state index contributed by atoms with van der Waals surface area (Å²) < 4.78 is 48.7. The molecule has 5 nitrogen and oxygen atoms in total. The van der Waals surface area contributed by atoms with Crippen LogP contribution in [0.5, 0.6) is 11.5 Å². The molecule has 0 saturated carbocycles. The molecule has 2 aromatic carbocycles. The summed E-state index contributed by atoms with van der Waals surface area (Å²) in [5, 5.41) is 2.45. The van der Waals surface area contributed by atoms with Crippen molar-refractivity contribution in [2.75, 3.05) is 12.1 Å². The molecule has 0 atom stereocenters. The summed E-state index contributed by atoms with van der Waals surface area (Å²) in [5.74, 6) is -0.406. The van der Waals surface area contributed by atoms with E-state index in [1.54, 1.807) is 0 Å². The Kier molecular flexibility index (Phi) is 4.12. The zero-order valence-corrected chi connectivity index (χ0v) is 12.9. The van der Waals surface area contributed by atoms with Gasteiger partial charge in [0.05, 0.1) is 11.3 Å². The van der Waals surface area contributed by atoms with Crippen LogP contribution in [0, 0.1) is 0 Å². The van der Waals surface area contributed by atoms with Crippen LogP contribution < -0.4 is 14.8 Å². The lowest BCUT2D eigenvalue weighted by atomic mass is 10.1. The fourth-order valence-electron chi connectivity index (χ4n) is 2.37. The average Bonchev–Trinajstić information content (AvgIpc) is 3.00. The van der Waals surface area contributed by atoms with Gasteiger partial charge >= 0.3 is 6.18 Å². The van der Waals surface area contributed by atoms with Gasteiger partial charge in [-0.25, -0.2) is 0 Å². The van der Waals surface area contributed by atoms with Crippen molar-refractivity contribution in [2.45, 2.75) is 13.1 Å². The Bertz CT molecular complexity index is 861. The van der Waals surface area contributed by atoms with E-state index in [-0.39, 0.29) is 29.4 Å². The Morgan fingerprint density at radius 3 is 2.40 bits per heavy atom. The van der Waals surface area contributed by atoms with Crippen molar-refractivity contribution in [3.05, 3.63) is 53.1 Å². The Labute approximate surface area is 140 Å². The summed E-state index contributed by atoms with van der Waals surface area (Å²) in [5.41, 5.74) is -0.802. The molecular weight excluding hydrogens is 339 g/mol. The smallest absolute Gasteiger partial charge is 0.416 e. The number of fused-ring (bicyclic) bond motifs is 1. The first kappa shape index (κ1) is 16.8. The monoisotopic (exact) mass is 351 g/mol. The second-order valence-corrected chi connectivity index (χ2v) is 5.34. The maximum Gasteiger partial charge on any atom is 0.416 e. The van der Waals surface area contributed by atoms with Gasteiger partial charge in [0.1, 0.15) is 0 Å². The van der Waals surface area contributed by atoms with E-state index in [0.29, 0.717) is 11.5 Å². The van der Waals surface area contributed by atoms with Crippen LogP contribution in [0.25, 0.3) is 0 Å². The highest BCUT2D eigenvalue weighted by molar-refractivity contribution is 6.09. The van der Waals surface area contributed by atoms with Crippen molar-refractivity contribution in [1.82, 2.24) is 0 Å². The van der Waals surface area contributed by atoms with Gasteiger partial charge in [0, 0.05) is 17.2 Å². The highest BCUT2D eigenvalue weighted by Crippen LogP contribution is 2.37. The van der Waals surface area contributed by atoms with E-state index in [1.807, 2.05) is 0 Å². The summed E-state index contributed by atoms with van der Waals surface area (Å²) in [6.07, 6.45) is -4.56. The molecule has 2 aromatic rings. The van der Waals surface area contributed by atoms with E-state index in [9.17, 15) is 22.8 Å². The molecule has 0 aliphatic carbocycles. The number of alkyl halides is 3. The van der Waals surface area contributed by atoms with Crippen LogP contribution in [0.15, 0.2) is 36.4 Å². The standard InChI is InChI=1S/C17H12F3NO4/c1-9(22)12-6-14-15(25-8-24-14)7-13(12)21-16(23)10-3-2-4-11(5-10)17(18,19)20/h2-7H,8H2,1H3,(H,21,23). The zero-order chi connectivity index (χ0) is 18.2. The minimum absolute atomic E-state index is 0.0162. The van der Waals surface area contributed by atoms with Gasteiger partial charge in [-0.05, 0) is 31.2 Å². The topological polar surface area (TPSA) is 64.6 Å². The fraction of sp³-hybridized carbons (Fsp3) is 0.176. The van der Waals surface area contributed by atoms with E-state index in [2.05, 4.69) is 5.32 Å². The van der Waals surface area contributed by atoms with Gasteiger partial charge in [0.2, 0.25) is 6.79 Å². The zero-order valence-electron chi connectivity index (χ0n) is 12.9. The number of hydrogen-bond acceptors (Lipinski definition) is 4. The van der Waals surface area contributed by atoms with Gasteiger partial charge in [0.25, 0.3) is 5.91 Å². The molecular formula is C17H12F3NO4. The Morgan fingerprint density at radius 1 is 1.08 bits per heavy atom. The number of halogens is 3. The van der Waals surface area contributed by atoms with Crippen molar-refractivity contribution < 1.29 is 32.2 Å². The lowest BCUT2D eigenvalue weighted by Gasteiger charge is -2.12. The predicted molar refractivity (Wildman–Crippen MR) is 82.0 cm³/mol. The number of ketones is 1. The molecule has 1 amide bonds. The van der Waals surface area contributed by atoms with Crippen molar-refractivity contribution in [1.29, 1.82) is 0 Å². The second-order valence-electron chi connectivity index (χ2n) is 5.34. The summed E-state index contributed by atoms with van der Waals surface area (Å²) in [6.45, 7) is 1.29. The summed E-state index contributed by atoms with van der Waals surface area (Å²) in [4.78, 5) is 24.1. The summed E-state index contributed by atoms with van der Waals surface area (Å²) in [6, 6.07) is 6.85. The number of ether oxygens (including phenoxy) is 2. The van der Waals surface area contributed by atoms with Crippen LogP contribution in [-0.4, -0.2) is 18.5 Å². The number of rotatable bonds is 3. The number of hydrogen-bond donors (Lipinski definition) is 1. The minimum atomic E-state index is -4.56. The van der Waals surface area contributed by atoms with Crippen molar-refractivity contribution in [3.63, 3.8) is 0 Å². The minimum Gasteiger partial charge on any atom is -0.454 e. The number of anilines is 1. The quantitative estimate of drug-likeness (QED) is 0.852. The normalized spacial score (nSPS) is 12.8. The number of benzene rings is 2. The molecule has 0 saturated heterocycles. The lowest BCUT2D eigenvalue weighted by molar-refractivity contribution is -0.137. The number of carbonyl (C=O) groups excluding carboxylic acids is 2. The predicted octanol–water partition coefficient (Wildman–Crippen LogP) is 3.89. The molecule has 0 radical (unpaired) electrons. The van der Waals surface area contributed by atoms with Gasteiger partial charge in [-0.15, -0.1) is 0 Å². The van der Waals surface area contributed by atoms with Crippen molar-refractivity contribution in [2.24, 2.45) is 0 Å². The number of carbonyl (C=O) groups is 2. The SMILES string of the molecule is CC(=O)c1cc2c(cc1NC(=O)c1cccc(C(F)(F)F)c1)OCO2. The maximum atomic E-state index is 12.8. The molecule has 0 bridgehead atoms. The Hall–Kier alpha value is -3.03. The molecule has 0 aromatic heterocycles. The number of nitrogens with one attached hydrogen (secondary N) is 1. The molecule has 0 fully saturated rings. The molecule has 8 heteroatoms. The van der Waals surface area contributed by atoms with E-state index in [0.717, 1.165) is 18.2 Å². The fourth-order valence-corrected chi connectivity index (χ4v) is 2.37. The molecule has 1 heterocycles. The first-order valence-electron chi connectivity index (χ1n) is 7.19. The highest BCUT2D eigenvalue weighted by Gasteiger charge is 2.31. The molecule has 1 aliphatic heterocycles. The molecule has 1 N–H and O–H groups in total. The number of Topliss-reactive ketones (excluding diaryl/α,β-unsaturated/α-hetero) is 1. The first-order chi connectivity index (χ1) is 11.8. The van der Waals surface area contributed by atoms with Crippen molar-refractivity contribution in [3.8, 4) is 11.5 Å². The van der Waals surface area contributed by atoms with Crippen molar-refractivity contribution >= 4 is 17.4 Å². The van der Waals surface area contributed by atoms with E-state index < -0.39 is 17.6 Å². The number of amides is 1. The van der Waals surface area contributed by atoms with Gasteiger partial charge < -0.3 is 14.8 Å². The Balaban J connectivity index is 1.92. The highest BCUT2D eigenvalue weighted by atomic mass is 19.4. The van der Waals surface area contributed by atoms with E-state index >= 15 is 0 Å². The van der Waals surface area contributed by atoms with Crippen LogP contribution in [-0.2, 0) is 6.18 Å². The van der Waals surface area contributed by atoms with Crippen LogP contribution in [0.3, 0.4) is 0 Å². The van der Waals surface area contributed by atoms with E-state index in [4.69, 9.17) is 9.47 Å². The third kappa shape index (κ3) is 3.42. The Morgan fingerprint density at radius 2 is 1.76 bits per heavy atom. The van der Waals surface area contributed by atoms with Gasteiger partial charge in [-0.2, -0.15) is 13.2 Å². The van der Waals surface area contributed by atoms with Crippen LogP contribution in [0.1, 0.15) is 33.2 Å². The van der Waals surface area contributed by atoms with Crippen LogP contribution in [0.2, 0.25) is 0 Å². The second kappa shape index (κ2) is 6.12. The molecule has 0 spiro atoms. The average molecular weight is 351 g/mol. The van der Waals surface area contributed by atoms with Gasteiger partial charge in [-0.3, -0.25) is 9.59 Å². The third-order valence-electron chi connectivity index (χ3n) is 3.59. The molecule has 1 aliphatic rings. The van der Waals surface area contributed by atoms with Crippen LogP contribution in [0.4, 0.5) is 18.9 Å². The molecule has 3 rings (SSSR count). The van der Waals surface area contributed by atoms with Gasteiger partial charge in [0.15, 0.2) is 17.3 Å². The van der Waals surface area contributed by atoms with Gasteiger partial charge in [-0.1, -0.05) is 6.07 Å². The summed E-state index contributed by atoms with van der Waals surface area (Å²) >= 11 is 0.